The predicted octanol–water partition coefficient (Wildman–Crippen LogP) is 2.00. The smallest absolute Gasteiger partial charge is 0.00569 e. The number of nitrogens with zero attached hydrogens (tertiary/aromatic N) is 1. The highest BCUT2D eigenvalue weighted by atomic mass is 15.0. The maximum atomic E-state index is 6.16. The van der Waals surface area contributed by atoms with Crippen LogP contribution in [0.4, 0.5) is 0 Å². The Morgan fingerprint density at radius 2 is 2.12 bits per heavy atom. The molecule has 2 unspecified atom stereocenters. The molecule has 88 valence electrons. The maximum Gasteiger partial charge on any atom is 0.00569 e. The highest BCUT2D eigenvalue weighted by Gasteiger charge is 2.26. The minimum Gasteiger partial charge on any atom is -0.328 e. The van der Waals surface area contributed by atoms with Crippen molar-refractivity contribution >= 4 is 0 Å². The number of fused-ring (bicyclic) bond motifs is 1. The van der Waals surface area contributed by atoms with E-state index in [-0.39, 0.29) is 0 Å². The fraction of sp³-hybridized carbons (Fsp3) is 0.571. The first-order valence-corrected chi connectivity index (χ1v) is 6.15. The molecule has 0 saturated carbocycles. The molecule has 1 aromatic carbocycles. The largest absolute Gasteiger partial charge is 0.328 e. The van der Waals surface area contributed by atoms with Crippen LogP contribution in [0, 0.1) is 0 Å². The van der Waals surface area contributed by atoms with Crippen molar-refractivity contribution in [3.63, 3.8) is 0 Å². The van der Waals surface area contributed by atoms with E-state index in [1.54, 1.807) is 0 Å². The molecule has 16 heavy (non-hydrogen) atoms. The molecular weight excluding hydrogens is 196 g/mol. The fourth-order valence-electron chi connectivity index (χ4n) is 2.48. The molecule has 1 aromatic rings. The summed E-state index contributed by atoms with van der Waals surface area (Å²) in [5.74, 6) is 0.716. The second-order valence-corrected chi connectivity index (χ2v) is 5.19. The van der Waals surface area contributed by atoms with Gasteiger partial charge in [-0.1, -0.05) is 24.3 Å². The highest BCUT2D eigenvalue weighted by molar-refractivity contribution is 5.39. The van der Waals surface area contributed by atoms with Gasteiger partial charge in [0.2, 0.25) is 0 Å². The van der Waals surface area contributed by atoms with E-state index in [2.05, 4.69) is 43.3 Å². The van der Waals surface area contributed by atoms with Crippen LogP contribution in [0.3, 0.4) is 0 Å². The molecule has 2 rings (SSSR count). The van der Waals surface area contributed by atoms with E-state index in [9.17, 15) is 0 Å². The molecule has 2 nitrogen and oxygen atoms in total. The number of hydrogen-bond donors (Lipinski definition) is 1. The van der Waals surface area contributed by atoms with Gasteiger partial charge in [-0.05, 0) is 56.9 Å². The second kappa shape index (κ2) is 4.98. The minimum absolute atomic E-state index is 0.348. The molecule has 0 bridgehead atoms. The van der Waals surface area contributed by atoms with Gasteiger partial charge in [0.05, 0.1) is 0 Å². The molecule has 1 aliphatic carbocycles. The lowest BCUT2D eigenvalue weighted by molar-refractivity contribution is 0.362. The van der Waals surface area contributed by atoms with Gasteiger partial charge < -0.3 is 10.6 Å². The summed E-state index contributed by atoms with van der Waals surface area (Å²) >= 11 is 0. The molecule has 0 aliphatic heterocycles. The number of nitrogens with two attached hydrogens (primary N) is 1. The Labute approximate surface area is 98.4 Å². The summed E-state index contributed by atoms with van der Waals surface area (Å²) in [7, 11) is 4.21. The lowest BCUT2D eigenvalue weighted by Crippen LogP contribution is -2.30. The molecular formula is C14H22N2. The van der Waals surface area contributed by atoms with Crippen LogP contribution >= 0.6 is 0 Å². The van der Waals surface area contributed by atoms with Crippen molar-refractivity contribution in [1.82, 2.24) is 4.90 Å². The molecule has 0 aromatic heterocycles. The van der Waals surface area contributed by atoms with Crippen molar-refractivity contribution in [3.05, 3.63) is 35.4 Å². The standard InChI is InChI=1S/C14H22N2/c1-16(2)8-7-13(15)10-12-9-11-5-3-4-6-14(11)12/h3-6,12-13H,7-10,15H2,1-2H3. The van der Waals surface area contributed by atoms with Gasteiger partial charge in [-0.2, -0.15) is 0 Å². The zero-order chi connectivity index (χ0) is 11.5. The van der Waals surface area contributed by atoms with Crippen LogP contribution in [0.1, 0.15) is 29.9 Å². The topological polar surface area (TPSA) is 29.3 Å². The SMILES string of the molecule is CN(C)CCC(N)CC1Cc2ccccc21. The van der Waals surface area contributed by atoms with Crippen molar-refractivity contribution in [2.75, 3.05) is 20.6 Å². The van der Waals surface area contributed by atoms with Crippen molar-refractivity contribution in [2.24, 2.45) is 5.73 Å². The van der Waals surface area contributed by atoms with E-state index in [4.69, 9.17) is 5.73 Å². The minimum atomic E-state index is 0.348. The van der Waals surface area contributed by atoms with E-state index in [0.717, 1.165) is 19.4 Å². The third kappa shape index (κ3) is 2.63. The summed E-state index contributed by atoms with van der Waals surface area (Å²) in [5, 5.41) is 0. The lowest BCUT2D eigenvalue weighted by atomic mass is 9.74. The Morgan fingerprint density at radius 3 is 2.81 bits per heavy atom. The molecule has 2 atom stereocenters. The molecule has 2 heteroatoms. The van der Waals surface area contributed by atoms with Crippen molar-refractivity contribution in [2.45, 2.75) is 31.2 Å². The van der Waals surface area contributed by atoms with Gasteiger partial charge in [0.1, 0.15) is 0 Å². The van der Waals surface area contributed by atoms with Crippen LogP contribution in [-0.2, 0) is 6.42 Å². The summed E-state index contributed by atoms with van der Waals surface area (Å²) in [5.41, 5.74) is 9.21. The molecule has 0 spiro atoms. The number of hydrogen-bond acceptors (Lipinski definition) is 2. The summed E-state index contributed by atoms with van der Waals surface area (Å²) in [6.07, 6.45) is 3.47. The van der Waals surface area contributed by atoms with Crippen LogP contribution in [0.15, 0.2) is 24.3 Å². The Morgan fingerprint density at radius 1 is 1.38 bits per heavy atom. The van der Waals surface area contributed by atoms with Crippen molar-refractivity contribution < 1.29 is 0 Å². The van der Waals surface area contributed by atoms with Gasteiger partial charge in [-0.25, -0.2) is 0 Å². The molecule has 0 radical (unpaired) electrons. The summed E-state index contributed by atoms with van der Waals surface area (Å²) in [6.45, 7) is 1.09. The molecule has 0 amide bonds. The monoisotopic (exact) mass is 218 g/mol. The fourth-order valence-corrected chi connectivity index (χ4v) is 2.48. The van der Waals surface area contributed by atoms with Crippen LogP contribution < -0.4 is 5.73 Å². The molecule has 0 saturated heterocycles. The molecule has 1 aliphatic rings. The first-order chi connectivity index (χ1) is 7.66. The normalized spacial score (nSPS) is 20.4. The van der Waals surface area contributed by atoms with E-state index in [1.807, 2.05) is 0 Å². The van der Waals surface area contributed by atoms with Crippen LogP contribution in [0.5, 0.6) is 0 Å². The Balaban J connectivity index is 1.80. The summed E-state index contributed by atoms with van der Waals surface area (Å²) in [6, 6.07) is 9.09. The third-order valence-corrected chi connectivity index (χ3v) is 3.50. The van der Waals surface area contributed by atoms with Crippen LogP contribution in [-0.4, -0.2) is 31.6 Å². The van der Waals surface area contributed by atoms with Gasteiger partial charge >= 0.3 is 0 Å². The van der Waals surface area contributed by atoms with Gasteiger partial charge in [-0.3, -0.25) is 0 Å². The van der Waals surface area contributed by atoms with E-state index < -0.39 is 0 Å². The van der Waals surface area contributed by atoms with Gasteiger partial charge in [0.25, 0.3) is 0 Å². The second-order valence-electron chi connectivity index (χ2n) is 5.19. The zero-order valence-electron chi connectivity index (χ0n) is 10.3. The zero-order valence-corrected chi connectivity index (χ0v) is 10.3. The maximum absolute atomic E-state index is 6.16. The van der Waals surface area contributed by atoms with E-state index >= 15 is 0 Å². The molecule has 0 fully saturated rings. The van der Waals surface area contributed by atoms with Crippen LogP contribution in [0.25, 0.3) is 0 Å². The lowest BCUT2D eigenvalue weighted by Gasteiger charge is -2.32. The van der Waals surface area contributed by atoms with Crippen molar-refractivity contribution in [1.29, 1.82) is 0 Å². The van der Waals surface area contributed by atoms with Gasteiger partial charge in [0, 0.05) is 6.04 Å². The number of rotatable bonds is 5. The predicted molar refractivity (Wildman–Crippen MR) is 68.7 cm³/mol. The van der Waals surface area contributed by atoms with E-state index in [0.29, 0.717) is 12.0 Å². The molecule has 2 N–H and O–H groups in total. The van der Waals surface area contributed by atoms with Gasteiger partial charge in [0.15, 0.2) is 0 Å². The van der Waals surface area contributed by atoms with Crippen LogP contribution in [0.2, 0.25) is 0 Å². The summed E-state index contributed by atoms with van der Waals surface area (Å²) < 4.78 is 0. The van der Waals surface area contributed by atoms with E-state index in [1.165, 1.54) is 17.5 Å². The molecule has 0 heterocycles. The first kappa shape index (κ1) is 11.6. The average molecular weight is 218 g/mol. The number of benzene rings is 1. The Bertz CT molecular complexity index is 346. The van der Waals surface area contributed by atoms with Gasteiger partial charge in [-0.15, -0.1) is 0 Å². The third-order valence-electron chi connectivity index (χ3n) is 3.50. The van der Waals surface area contributed by atoms with Crippen molar-refractivity contribution in [3.8, 4) is 0 Å². The highest BCUT2D eigenvalue weighted by Crippen LogP contribution is 2.37. The Hall–Kier alpha value is -0.860. The quantitative estimate of drug-likeness (QED) is 0.819. The average Bonchev–Trinajstić information content (AvgIpc) is 2.23. The first-order valence-electron chi connectivity index (χ1n) is 6.15. The Kier molecular flexibility index (Phi) is 3.62. The summed E-state index contributed by atoms with van der Waals surface area (Å²) in [4.78, 5) is 2.20.